The van der Waals surface area contributed by atoms with Crippen molar-refractivity contribution in [3.63, 3.8) is 0 Å². The predicted octanol–water partition coefficient (Wildman–Crippen LogP) is 0.864. The van der Waals surface area contributed by atoms with Crippen molar-refractivity contribution < 1.29 is 4.79 Å². The summed E-state index contributed by atoms with van der Waals surface area (Å²) in [5.41, 5.74) is 7.49. The zero-order valence-electron chi connectivity index (χ0n) is 12.4. The second-order valence-corrected chi connectivity index (χ2v) is 6.02. The monoisotopic (exact) mass is 288 g/mol. The Morgan fingerprint density at radius 2 is 2.24 bits per heavy atom. The molecule has 2 saturated heterocycles. The minimum atomic E-state index is 0.0654. The van der Waals surface area contributed by atoms with Gasteiger partial charge in [0.05, 0.1) is 6.54 Å². The quantitative estimate of drug-likeness (QED) is 0.863. The standard InChI is InChI=1S/C16H24N4O/c17-10-13-3-1-4-14(9-13)18-16(21)12-19-7-8-20-6-2-5-15(20)11-19/h1,3-4,9,15H,2,5-8,10-12,17H2,(H,18,21). The smallest absolute Gasteiger partial charge is 0.238 e. The van der Waals surface area contributed by atoms with E-state index >= 15 is 0 Å². The number of carbonyl (C=O) groups is 1. The second-order valence-electron chi connectivity index (χ2n) is 6.02. The van der Waals surface area contributed by atoms with Gasteiger partial charge in [0.2, 0.25) is 5.91 Å². The summed E-state index contributed by atoms with van der Waals surface area (Å²) < 4.78 is 0. The summed E-state index contributed by atoms with van der Waals surface area (Å²) in [6.07, 6.45) is 2.58. The van der Waals surface area contributed by atoms with Crippen molar-refractivity contribution in [2.24, 2.45) is 5.73 Å². The maximum Gasteiger partial charge on any atom is 0.238 e. The van der Waals surface area contributed by atoms with Crippen molar-refractivity contribution in [3.8, 4) is 0 Å². The van der Waals surface area contributed by atoms with E-state index in [1.807, 2.05) is 24.3 Å². The molecular formula is C16H24N4O. The molecule has 114 valence electrons. The maximum atomic E-state index is 12.2. The van der Waals surface area contributed by atoms with Gasteiger partial charge in [-0.1, -0.05) is 12.1 Å². The van der Waals surface area contributed by atoms with E-state index in [0.29, 0.717) is 19.1 Å². The first-order valence-electron chi connectivity index (χ1n) is 7.80. The van der Waals surface area contributed by atoms with Crippen LogP contribution in [-0.4, -0.2) is 54.5 Å². The second kappa shape index (κ2) is 6.56. The lowest BCUT2D eigenvalue weighted by molar-refractivity contribution is -0.117. The van der Waals surface area contributed by atoms with Gasteiger partial charge < -0.3 is 11.1 Å². The van der Waals surface area contributed by atoms with Crippen LogP contribution in [0.2, 0.25) is 0 Å². The molecule has 0 radical (unpaired) electrons. The van der Waals surface area contributed by atoms with Gasteiger partial charge in [-0.3, -0.25) is 14.6 Å². The highest BCUT2D eigenvalue weighted by atomic mass is 16.2. The molecule has 1 amide bonds. The highest BCUT2D eigenvalue weighted by Gasteiger charge is 2.30. The van der Waals surface area contributed by atoms with Gasteiger partial charge in [0, 0.05) is 37.9 Å². The first-order valence-corrected chi connectivity index (χ1v) is 7.80. The Labute approximate surface area is 126 Å². The van der Waals surface area contributed by atoms with E-state index in [4.69, 9.17) is 5.73 Å². The minimum absolute atomic E-state index is 0.0654. The highest BCUT2D eigenvalue weighted by molar-refractivity contribution is 5.92. The number of hydrogen-bond acceptors (Lipinski definition) is 4. The average Bonchev–Trinajstić information content (AvgIpc) is 2.95. The molecule has 2 aliphatic rings. The Morgan fingerprint density at radius 1 is 1.33 bits per heavy atom. The maximum absolute atomic E-state index is 12.2. The van der Waals surface area contributed by atoms with Gasteiger partial charge in [-0.2, -0.15) is 0 Å². The number of amides is 1. The third-order valence-electron chi connectivity index (χ3n) is 4.49. The van der Waals surface area contributed by atoms with Crippen LogP contribution in [0.1, 0.15) is 18.4 Å². The van der Waals surface area contributed by atoms with Crippen LogP contribution in [0.25, 0.3) is 0 Å². The molecule has 2 heterocycles. The molecule has 5 nitrogen and oxygen atoms in total. The lowest BCUT2D eigenvalue weighted by Gasteiger charge is -2.37. The number of nitrogens with one attached hydrogen (secondary N) is 1. The van der Waals surface area contributed by atoms with Gasteiger partial charge in [0.15, 0.2) is 0 Å². The molecule has 0 aliphatic carbocycles. The van der Waals surface area contributed by atoms with Gasteiger partial charge in [-0.15, -0.1) is 0 Å². The summed E-state index contributed by atoms with van der Waals surface area (Å²) >= 11 is 0. The highest BCUT2D eigenvalue weighted by Crippen LogP contribution is 2.21. The molecule has 1 unspecified atom stereocenters. The van der Waals surface area contributed by atoms with Gasteiger partial charge in [0.25, 0.3) is 0 Å². The Bertz CT molecular complexity index is 505. The molecule has 1 atom stereocenters. The lowest BCUT2D eigenvalue weighted by atomic mass is 10.1. The van der Waals surface area contributed by atoms with E-state index in [2.05, 4.69) is 15.1 Å². The van der Waals surface area contributed by atoms with Crippen LogP contribution in [0.4, 0.5) is 5.69 Å². The van der Waals surface area contributed by atoms with Crippen LogP contribution in [0.5, 0.6) is 0 Å². The molecule has 3 N–H and O–H groups in total. The first kappa shape index (κ1) is 14.5. The molecule has 0 saturated carbocycles. The third-order valence-corrected chi connectivity index (χ3v) is 4.49. The molecular weight excluding hydrogens is 264 g/mol. The SMILES string of the molecule is NCc1cccc(NC(=O)CN2CCN3CCCC3C2)c1. The first-order chi connectivity index (χ1) is 10.2. The molecule has 21 heavy (non-hydrogen) atoms. The van der Waals surface area contributed by atoms with Gasteiger partial charge in [-0.05, 0) is 37.1 Å². The van der Waals surface area contributed by atoms with E-state index in [0.717, 1.165) is 30.9 Å². The van der Waals surface area contributed by atoms with E-state index in [1.165, 1.54) is 19.4 Å². The molecule has 0 spiro atoms. The zero-order chi connectivity index (χ0) is 14.7. The Hall–Kier alpha value is -1.43. The third kappa shape index (κ3) is 3.61. The molecule has 1 aromatic rings. The van der Waals surface area contributed by atoms with Crippen LogP contribution in [-0.2, 0) is 11.3 Å². The number of benzene rings is 1. The predicted molar refractivity (Wildman–Crippen MR) is 84.0 cm³/mol. The largest absolute Gasteiger partial charge is 0.326 e. The summed E-state index contributed by atoms with van der Waals surface area (Å²) in [6, 6.07) is 8.40. The van der Waals surface area contributed by atoms with E-state index in [-0.39, 0.29) is 5.91 Å². The fourth-order valence-electron chi connectivity index (χ4n) is 3.38. The van der Waals surface area contributed by atoms with Crippen LogP contribution < -0.4 is 11.1 Å². The molecule has 5 heteroatoms. The minimum Gasteiger partial charge on any atom is -0.326 e. The molecule has 1 aromatic carbocycles. The molecule has 3 rings (SSSR count). The molecule has 2 aliphatic heterocycles. The topological polar surface area (TPSA) is 61.6 Å². The number of hydrogen-bond donors (Lipinski definition) is 2. The number of fused-ring (bicyclic) bond motifs is 1. The number of rotatable bonds is 4. The Balaban J connectivity index is 1.51. The van der Waals surface area contributed by atoms with E-state index in [1.54, 1.807) is 0 Å². The normalized spacial score (nSPS) is 23.0. The number of carbonyl (C=O) groups excluding carboxylic acids is 1. The van der Waals surface area contributed by atoms with Crippen molar-refractivity contribution in [1.82, 2.24) is 9.80 Å². The number of piperazine rings is 1. The van der Waals surface area contributed by atoms with Crippen molar-refractivity contribution in [2.45, 2.75) is 25.4 Å². The summed E-state index contributed by atoms with van der Waals surface area (Å²) in [5, 5.41) is 2.97. The van der Waals surface area contributed by atoms with Gasteiger partial charge in [-0.25, -0.2) is 0 Å². The fourth-order valence-corrected chi connectivity index (χ4v) is 3.38. The summed E-state index contributed by atoms with van der Waals surface area (Å²) in [7, 11) is 0. The van der Waals surface area contributed by atoms with E-state index in [9.17, 15) is 4.79 Å². The number of nitrogens with zero attached hydrogens (tertiary/aromatic N) is 2. The fraction of sp³-hybridized carbons (Fsp3) is 0.562. The Kier molecular flexibility index (Phi) is 4.53. The van der Waals surface area contributed by atoms with Crippen molar-refractivity contribution >= 4 is 11.6 Å². The van der Waals surface area contributed by atoms with Crippen molar-refractivity contribution in [1.29, 1.82) is 0 Å². The van der Waals surface area contributed by atoms with Gasteiger partial charge in [0.1, 0.15) is 0 Å². The lowest BCUT2D eigenvalue weighted by Crippen LogP contribution is -2.51. The van der Waals surface area contributed by atoms with Crippen LogP contribution in [0.3, 0.4) is 0 Å². The molecule has 2 fully saturated rings. The van der Waals surface area contributed by atoms with Crippen molar-refractivity contribution in [3.05, 3.63) is 29.8 Å². The average molecular weight is 288 g/mol. The molecule has 0 bridgehead atoms. The van der Waals surface area contributed by atoms with Crippen LogP contribution in [0.15, 0.2) is 24.3 Å². The van der Waals surface area contributed by atoms with Crippen molar-refractivity contribution in [2.75, 3.05) is 38.0 Å². The van der Waals surface area contributed by atoms with Gasteiger partial charge >= 0.3 is 0 Å². The van der Waals surface area contributed by atoms with Crippen LogP contribution in [0, 0.1) is 0 Å². The Morgan fingerprint density at radius 3 is 3.10 bits per heavy atom. The zero-order valence-corrected chi connectivity index (χ0v) is 12.4. The number of nitrogens with two attached hydrogens (primary N) is 1. The molecule has 0 aromatic heterocycles. The van der Waals surface area contributed by atoms with E-state index < -0.39 is 0 Å². The summed E-state index contributed by atoms with van der Waals surface area (Å²) in [5.74, 6) is 0.0654. The van der Waals surface area contributed by atoms with Crippen LogP contribution >= 0.6 is 0 Å². The summed E-state index contributed by atoms with van der Waals surface area (Å²) in [4.78, 5) is 17.0. The number of anilines is 1. The summed E-state index contributed by atoms with van der Waals surface area (Å²) in [6.45, 7) is 5.32.